The van der Waals surface area contributed by atoms with Crippen molar-refractivity contribution in [1.82, 2.24) is 0 Å². The zero-order valence-corrected chi connectivity index (χ0v) is 13.7. The maximum absolute atomic E-state index is 10.5. The van der Waals surface area contributed by atoms with E-state index in [1.165, 1.54) is 44.9 Å². The van der Waals surface area contributed by atoms with Crippen LogP contribution < -0.4 is 0 Å². The first-order valence-corrected chi connectivity index (χ1v) is 8.99. The number of hydrogen-bond acceptors (Lipinski definition) is 2. The second-order valence-electron chi connectivity index (χ2n) is 7.07. The molecule has 0 aromatic rings. The van der Waals surface area contributed by atoms with Crippen molar-refractivity contribution in [3.8, 4) is 0 Å². The van der Waals surface area contributed by atoms with Gasteiger partial charge in [-0.2, -0.15) is 0 Å². The van der Waals surface area contributed by atoms with Crippen LogP contribution in [0.15, 0.2) is 0 Å². The van der Waals surface area contributed by atoms with Crippen LogP contribution in [0.2, 0.25) is 0 Å². The van der Waals surface area contributed by atoms with E-state index in [0.717, 1.165) is 38.5 Å². The van der Waals surface area contributed by atoms with Gasteiger partial charge in [0.15, 0.2) is 0 Å². The molecule has 2 nitrogen and oxygen atoms in total. The highest BCUT2D eigenvalue weighted by Gasteiger charge is 2.37. The van der Waals surface area contributed by atoms with E-state index < -0.39 is 11.7 Å². The van der Waals surface area contributed by atoms with E-state index in [2.05, 4.69) is 13.8 Å². The molecule has 0 radical (unpaired) electrons. The SMILES string of the molecule is CCCCCCCCCCC(O)C1(O)CCC(C)CC1. The van der Waals surface area contributed by atoms with Crippen LogP contribution in [-0.2, 0) is 0 Å². The van der Waals surface area contributed by atoms with Crippen molar-refractivity contribution in [1.29, 1.82) is 0 Å². The van der Waals surface area contributed by atoms with Crippen molar-refractivity contribution < 1.29 is 10.2 Å². The van der Waals surface area contributed by atoms with Crippen LogP contribution in [0.25, 0.3) is 0 Å². The molecule has 1 aliphatic carbocycles. The van der Waals surface area contributed by atoms with Gasteiger partial charge in [0.25, 0.3) is 0 Å². The minimum atomic E-state index is -0.784. The summed E-state index contributed by atoms with van der Waals surface area (Å²) in [6, 6.07) is 0. The normalized spacial score (nSPS) is 28.5. The molecule has 0 saturated heterocycles. The Hall–Kier alpha value is -0.0800. The lowest BCUT2D eigenvalue weighted by atomic mass is 9.75. The van der Waals surface area contributed by atoms with Crippen LogP contribution in [0, 0.1) is 5.92 Å². The van der Waals surface area contributed by atoms with Gasteiger partial charge in [-0.05, 0) is 38.0 Å². The molecule has 0 bridgehead atoms. The van der Waals surface area contributed by atoms with Crippen LogP contribution >= 0.6 is 0 Å². The fraction of sp³-hybridized carbons (Fsp3) is 1.00. The molecule has 20 heavy (non-hydrogen) atoms. The Balaban J connectivity index is 2.03. The van der Waals surface area contributed by atoms with Crippen molar-refractivity contribution in [3.63, 3.8) is 0 Å². The van der Waals surface area contributed by atoms with Gasteiger partial charge in [0.1, 0.15) is 0 Å². The third-order valence-corrected chi connectivity index (χ3v) is 5.09. The number of rotatable bonds is 10. The summed E-state index contributed by atoms with van der Waals surface area (Å²) in [6.07, 6.45) is 14.2. The Kier molecular flexibility index (Phi) is 8.79. The Morgan fingerprint density at radius 2 is 1.45 bits per heavy atom. The van der Waals surface area contributed by atoms with Crippen LogP contribution in [-0.4, -0.2) is 21.9 Å². The molecule has 1 saturated carbocycles. The largest absolute Gasteiger partial charge is 0.390 e. The third kappa shape index (κ3) is 6.58. The monoisotopic (exact) mass is 284 g/mol. The van der Waals surface area contributed by atoms with E-state index in [4.69, 9.17) is 0 Å². The number of unbranched alkanes of at least 4 members (excludes halogenated alkanes) is 7. The molecule has 1 unspecified atom stereocenters. The highest BCUT2D eigenvalue weighted by atomic mass is 16.3. The fourth-order valence-electron chi connectivity index (χ4n) is 3.34. The molecule has 0 aliphatic heterocycles. The summed E-state index contributed by atoms with van der Waals surface area (Å²) >= 11 is 0. The summed E-state index contributed by atoms with van der Waals surface area (Å²) in [5.41, 5.74) is -0.784. The molecular formula is C18H36O2. The second kappa shape index (κ2) is 9.78. The lowest BCUT2D eigenvalue weighted by Gasteiger charge is -2.38. The first-order valence-electron chi connectivity index (χ1n) is 8.99. The van der Waals surface area contributed by atoms with Gasteiger partial charge in [-0.1, -0.05) is 65.2 Å². The average Bonchev–Trinajstić information content (AvgIpc) is 2.45. The van der Waals surface area contributed by atoms with Gasteiger partial charge in [0.2, 0.25) is 0 Å². The molecule has 2 heteroatoms. The van der Waals surface area contributed by atoms with Crippen molar-refractivity contribution in [3.05, 3.63) is 0 Å². The molecule has 2 N–H and O–H groups in total. The van der Waals surface area contributed by atoms with Gasteiger partial charge in [-0.15, -0.1) is 0 Å². The summed E-state index contributed by atoms with van der Waals surface area (Å²) in [5.74, 6) is 0.714. The average molecular weight is 284 g/mol. The van der Waals surface area contributed by atoms with E-state index in [1.807, 2.05) is 0 Å². The van der Waals surface area contributed by atoms with E-state index in [-0.39, 0.29) is 0 Å². The maximum Gasteiger partial charge on any atom is 0.0905 e. The van der Waals surface area contributed by atoms with Gasteiger partial charge in [0.05, 0.1) is 11.7 Å². The number of aliphatic hydroxyl groups is 2. The van der Waals surface area contributed by atoms with Crippen molar-refractivity contribution >= 4 is 0 Å². The first kappa shape index (κ1) is 18.0. The molecule has 0 aromatic heterocycles. The Labute approximate surface area is 126 Å². The standard InChI is InChI=1S/C18H36O2/c1-3-4-5-6-7-8-9-10-11-17(19)18(20)14-12-16(2)13-15-18/h16-17,19-20H,3-15H2,1-2H3. The Bertz CT molecular complexity index is 232. The molecule has 0 heterocycles. The molecule has 0 aromatic carbocycles. The van der Waals surface area contributed by atoms with Crippen molar-refractivity contribution in [2.24, 2.45) is 5.92 Å². The summed E-state index contributed by atoms with van der Waals surface area (Å²) in [4.78, 5) is 0. The van der Waals surface area contributed by atoms with Gasteiger partial charge in [0, 0.05) is 0 Å². The molecule has 1 atom stereocenters. The van der Waals surface area contributed by atoms with Crippen LogP contribution in [0.1, 0.15) is 97.3 Å². The minimum absolute atomic E-state index is 0.505. The molecule has 1 fully saturated rings. The molecule has 1 aliphatic rings. The number of aliphatic hydroxyl groups excluding tert-OH is 1. The van der Waals surface area contributed by atoms with E-state index in [1.54, 1.807) is 0 Å². The zero-order valence-electron chi connectivity index (χ0n) is 13.7. The molecule has 0 amide bonds. The van der Waals surface area contributed by atoms with Crippen LogP contribution in [0.4, 0.5) is 0 Å². The molecule has 120 valence electrons. The lowest BCUT2D eigenvalue weighted by Crippen LogP contribution is -2.45. The summed E-state index contributed by atoms with van der Waals surface area (Å²) in [7, 11) is 0. The summed E-state index contributed by atoms with van der Waals surface area (Å²) in [6.45, 7) is 4.49. The highest BCUT2D eigenvalue weighted by Crippen LogP contribution is 2.35. The summed E-state index contributed by atoms with van der Waals surface area (Å²) < 4.78 is 0. The topological polar surface area (TPSA) is 40.5 Å². The van der Waals surface area contributed by atoms with E-state index >= 15 is 0 Å². The van der Waals surface area contributed by atoms with Gasteiger partial charge in [-0.25, -0.2) is 0 Å². The van der Waals surface area contributed by atoms with E-state index in [0.29, 0.717) is 5.92 Å². The third-order valence-electron chi connectivity index (χ3n) is 5.09. The fourth-order valence-corrected chi connectivity index (χ4v) is 3.34. The van der Waals surface area contributed by atoms with Gasteiger partial charge in [-0.3, -0.25) is 0 Å². The van der Waals surface area contributed by atoms with E-state index in [9.17, 15) is 10.2 Å². The minimum Gasteiger partial charge on any atom is -0.390 e. The van der Waals surface area contributed by atoms with Gasteiger partial charge >= 0.3 is 0 Å². The van der Waals surface area contributed by atoms with Crippen molar-refractivity contribution in [2.45, 2.75) is 109 Å². The van der Waals surface area contributed by atoms with Gasteiger partial charge < -0.3 is 10.2 Å². The van der Waals surface area contributed by atoms with Crippen LogP contribution in [0.3, 0.4) is 0 Å². The lowest BCUT2D eigenvalue weighted by molar-refractivity contribution is -0.106. The zero-order chi connectivity index (χ0) is 14.8. The summed E-state index contributed by atoms with van der Waals surface area (Å²) in [5, 5.41) is 20.7. The second-order valence-corrected chi connectivity index (χ2v) is 7.07. The Morgan fingerprint density at radius 3 is 2.00 bits per heavy atom. The molecule has 1 rings (SSSR count). The number of hydrogen-bond donors (Lipinski definition) is 2. The molecule has 0 spiro atoms. The quantitative estimate of drug-likeness (QED) is 0.565. The predicted molar refractivity (Wildman–Crippen MR) is 85.8 cm³/mol. The van der Waals surface area contributed by atoms with Crippen LogP contribution in [0.5, 0.6) is 0 Å². The smallest absolute Gasteiger partial charge is 0.0905 e. The predicted octanol–water partition coefficient (Wildman–Crippen LogP) is 4.82. The Morgan fingerprint density at radius 1 is 0.950 bits per heavy atom. The highest BCUT2D eigenvalue weighted by molar-refractivity contribution is 4.90. The first-order chi connectivity index (χ1) is 9.58. The van der Waals surface area contributed by atoms with Crippen molar-refractivity contribution in [2.75, 3.05) is 0 Å². The molecular weight excluding hydrogens is 248 g/mol. The maximum atomic E-state index is 10.5.